The summed E-state index contributed by atoms with van der Waals surface area (Å²) in [5.74, 6) is -1.78. The lowest BCUT2D eigenvalue weighted by Crippen LogP contribution is -2.45. The van der Waals surface area contributed by atoms with Crippen molar-refractivity contribution in [2.45, 2.75) is 25.8 Å². The first-order chi connectivity index (χ1) is 14.0. The lowest BCUT2D eigenvalue weighted by molar-refractivity contribution is -0.129. The van der Waals surface area contributed by atoms with Gasteiger partial charge in [-0.2, -0.15) is 0 Å². The van der Waals surface area contributed by atoms with Crippen LogP contribution in [0.5, 0.6) is 0 Å². The van der Waals surface area contributed by atoms with Gasteiger partial charge in [-0.1, -0.05) is 12.5 Å². The zero-order valence-corrected chi connectivity index (χ0v) is 15.8. The van der Waals surface area contributed by atoms with E-state index in [4.69, 9.17) is 0 Å². The molecule has 1 saturated heterocycles. The number of pyridine rings is 1. The number of anilines is 1. The maximum Gasteiger partial charge on any atom is 0.321 e. The Morgan fingerprint density at radius 2 is 2.03 bits per heavy atom. The van der Waals surface area contributed by atoms with Crippen molar-refractivity contribution in [1.29, 1.82) is 0 Å². The van der Waals surface area contributed by atoms with E-state index in [1.54, 1.807) is 6.20 Å². The number of likely N-dealkylation sites (tertiary alicyclic amines) is 1. The van der Waals surface area contributed by atoms with Crippen LogP contribution in [0.25, 0.3) is 0 Å². The van der Waals surface area contributed by atoms with E-state index in [1.165, 1.54) is 4.90 Å². The van der Waals surface area contributed by atoms with E-state index in [-0.39, 0.29) is 29.5 Å². The Hall–Kier alpha value is -3.03. The predicted octanol–water partition coefficient (Wildman–Crippen LogP) is 3.31. The van der Waals surface area contributed by atoms with Crippen LogP contribution in [0.3, 0.4) is 0 Å². The van der Waals surface area contributed by atoms with Crippen LogP contribution in [0.4, 0.5) is 19.3 Å². The van der Waals surface area contributed by atoms with Crippen LogP contribution in [0.1, 0.15) is 25.0 Å². The van der Waals surface area contributed by atoms with Crippen LogP contribution in [0.15, 0.2) is 42.6 Å². The van der Waals surface area contributed by atoms with E-state index in [9.17, 15) is 18.4 Å². The average molecular weight is 400 g/mol. The van der Waals surface area contributed by atoms with Crippen molar-refractivity contribution in [1.82, 2.24) is 15.2 Å². The first-order valence-corrected chi connectivity index (χ1v) is 9.65. The Bertz CT molecular complexity index is 918. The van der Waals surface area contributed by atoms with Crippen LogP contribution in [-0.2, 0) is 11.3 Å². The number of rotatable bonds is 4. The fourth-order valence-electron chi connectivity index (χ4n) is 4.21. The average Bonchev–Trinajstić information content (AvgIpc) is 3.11. The lowest BCUT2D eigenvalue weighted by atomic mass is 9.62. The van der Waals surface area contributed by atoms with Gasteiger partial charge in [0.1, 0.15) is 11.6 Å². The van der Waals surface area contributed by atoms with Gasteiger partial charge in [0.2, 0.25) is 5.91 Å². The van der Waals surface area contributed by atoms with Gasteiger partial charge < -0.3 is 15.5 Å². The maximum absolute atomic E-state index is 13.8. The Morgan fingerprint density at radius 3 is 2.72 bits per heavy atom. The third-order valence-corrected chi connectivity index (χ3v) is 5.94. The molecule has 2 N–H and O–H groups in total. The maximum atomic E-state index is 13.8. The summed E-state index contributed by atoms with van der Waals surface area (Å²) in [4.78, 5) is 31.2. The molecule has 2 aromatic rings. The smallest absolute Gasteiger partial charge is 0.321 e. The van der Waals surface area contributed by atoms with Crippen molar-refractivity contribution in [3.8, 4) is 0 Å². The normalized spacial score (nSPS) is 19.7. The Kier molecular flexibility index (Phi) is 5.17. The second kappa shape index (κ2) is 7.77. The highest BCUT2D eigenvalue weighted by molar-refractivity contribution is 5.91. The second-order valence-corrected chi connectivity index (χ2v) is 7.74. The quantitative estimate of drug-likeness (QED) is 0.827. The molecule has 8 heteroatoms. The SMILES string of the molecule is O=C(NCc1ccccn1)C1CN(C(=O)Nc2cc(F)ccc2F)CC12CCC2. The van der Waals surface area contributed by atoms with Crippen LogP contribution < -0.4 is 10.6 Å². The molecular weight excluding hydrogens is 378 g/mol. The van der Waals surface area contributed by atoms with Gasteiger partial charge >= 0.3 is 6.03 Å². The van der Waals surface area contributed by atoms with Crippen molar-refractivity contribution < 1.29 is 18.4 Å². The molecule has 1 spiro atoms. The van der Waals surface area contributed by atoms with E-state index >= 15 is 0 Å². The number of hydrogen-bond acceptors (Lipinski definition) is 3. The molecule has 152 valence electrons. The summed E-state index contributed by atoms with van der Waals surface area (Å²) in [6.45, 7) is 1.00. The molecule has 6 nitrogen and oxygen atoms in total. The number of nitrogens with one attached hydrogen (secondary N) is 2. The molecular formula is C21H22F2N4O2. The van der Waals surface area contributed by atoms with Gasteiger partial charge in [0.25, 0.3) is 0 Å². The molecule has 1 atom stereocenters. The molecule has 1 aromatic carbocycles. The fraction of sp³-hybridized carbons (Fsp3) is 0.381. The Morgan fingerprint density at radius 1 is 1.21 bits per heavy atom. The van der Waals surface area contributed by atoms with Gasteiger partial charge in [0, 0.05) is 30.8 Å². The van der Waals surface area contributed by atoms with Gasteiger partial charge in [-0.3, -0.25) is 9.78 Å². The summed E-state index contributed by atoms with van der Waals surface area (Å²) in [7, 11) is 0. The van der Waals surface area contributed by atoms with Crippen molar-refractivity contribution in [3.63, 3.8) is 0 Å². The van der Waals surface area contributed by atoms with E-state index in [0.717, 1.165) is 43.2 Å². The van der Waals surface area contributed by atoms with Crippen LogP contribution in [0.2, 0.25) is 0 Å². The highest BCUT2D eigenvalue weighted by Crippen LogP contribution is 2.51. The molecule has 1 aromatic heterocycles. The summed E-state index contributed by atoms with van der Waals surface area (Å²) in [5, 5.41) is 5.35. The predicted molar refractivity (Wildman–Crippen MR) is 103 cm³/mol. The van der Waals surface area contributed by atoms with Gasteiger partial charge in [-0.15, -0.1) is 0 Å². The van der Waals surface area contributed by atoms with Crippen LogP contribution in [-0.4, -0.2) is 34.9 Å². The molecule has 1 aliphatic heterocycles. The molecule has 3 amide bonds. The summed E-state index contributed by atoms with van der Waals surface area (Å²) >= 11 is 0. The topological polar surface area (TPSA) is 74.3 Å². The molecule has 2 fully saturated rings. The molecule has 29 heavy (non-hydrogen) atoms. The largest absolute Gasteiger partial charge is 0.350 e. The Balaban J connectivity index is 1.42. The highest BCUT2D eigenvalue weighted by atomic mass is 19.1. The molecule has 1 unspecified atom stereocenters. The van der Waals surface area contributed by atoms with E-state index in [1.807, 2.05) is 18.2 Å². The monoisotopic (exact) mass is 400 g/mol. The van der Waals surface area contributed by atoms with Crippen molar-refractivity contribution >= 4 is 17.6 Å². The number of carbonyl (C=O) groups excluding carboxylic acids is 2. The summed E-state index contributed by atoms with van der Waals surface area (Å²) < 4.78 is 27.2. The minimum Gasteiger partial charge on any atom is -0.350 e. The van der Waals surface area contributed by atoms with Crippen LogP contribution in [0, 0.1) is 23.0 Å². The highest BCUT2D eigenvalue weighted by Gasteiger charge is 2.54. The number of hydrogen-bond donors (Lipinski definition) is 2. The minimum atomic E-state index is -0.707. The minimum absolute atomic E-state index is 0.109. The van der Waals surface area contributed by atoms with E-state index in [2.05, 4.69) is 15.6 Å². The Labute approximate surface area is 167 Å². The number of halogens is 2. The molecule has 0 bridgehead atoms. The zero-order valence-electron chi connectivity index (χ0n) is 15.8. The molecule has 1 saturated carbocycles. The molecule has 2 heterocycles. The van der Waals surface area contributed by atoms with Gasteiger partial charge in [-0.25, -0.2) is 13.6 Å². The third-order valence-electron chi connectivity index (χ3n) is 5.94. The van der Waals surface area contributed by atoms with Crippen molar-refractivity contribution in [2.24, 2.45) is 11.3 Å². The standard InChI is InChI=1S/C21H22F2N4O2/c22-14-5-6-17(23)18(10-14)26-20(29)27-12-16(21(13-27)7-3-8-21)19(28)25-11-15-4-1-2-9-24-15/h1-2,4-6,9-10,16H,3,7-8,11-13H2,(H,25,28)(H,26,29). The number of amides is 3. The van der Waals surface area contributed by atoms with Gasteiger partial charge in [-0.05, 0) is 37.1 Å². The molecule has 1 aliphatic carbocycles. The van der Waals surface area contributed by atoms with Crippen LogP contribution >= 0.6 is 0 Å². The van der Waals surface area contributed by atoms with Crippen molar-refractivity contribution in [2.75, 3.05) is 18.4 Å². The van der Waals surface area contributed by atoms with Gasteiger partial charge in [0.15, 0.2) is 0 Å². The summed E-state index contributed by atoms with van der Waals surface area (Å²) in [6.07, 6.45) is 4.42. The zero-order chi connectivity index (χ0) is 20.4. The second-order valence-electron chi connectivity index (χ2n) is 7.74. The fourth-order valence-corrected chi connectivity index (χ4v) is 4.21. The van der Waals surface area contributed by atoms with E-state index < -0.39 is 17.7 Å². The number of urea groups is 1. The molecule has 0 radical (unpaired) electrons. The third kappa shape index (κ3) is 3.92. The first kappa shape index (κ1) is 19.3. The lowest BCUT2D eigenvalue weighted by Gasteiger charge is -2.41. The van der Waals surface area contributed by atoms with Crippen molar-refractivity contribution in [3.05, 3.63) is 59.9 Å². The number of nitrogens with zero attached hydrogens (tertiary/aromatic N) is 2. The number of aromatic nitrogens is 1. The summed E-state index contributed by atoms with van der Waals surface area (Å²) in [6, 6.07) is 7.88. The first-order valence-electron chi connectivity index (χ1n) is 9.65. The number of carbonyl (C=O) groups is 2. The molecule has 2 aliphatic rings. The number of benzene rings is 1. The summed E-state index contributed by atoms with van der Waals surface area (Å²) in [5.41, 5.74) is 0.310. The molecule has 4 rings (SSSR count). The van der Waals surface area contributed by atoms with Gasteiger partial charge in [0.05, 0.1) is 23.8 Å². The van der Waals surface area contributed by atoms with E-state index in [0.29, 0.717) is 13.1 Å².